The molecular weight excluding hydrogens is 288 g/mol. The Hall–Kier alpha value is -0.380. The zero-order valence-electron chi connectivity index (χ0n) is 14.6. The van der Waals surface area contributed by atoms with Crippen molar-refractivity contribution in [3.8, 4) is 0 Å². The predicted molar refractivity (Wildman–Crippen MR) is 89.9 cm³/mol. The molecule has 0 aromatic rings. The third-order valence-electron chi connectivity index (χ3n) is 8.33. The van der Waals surface area contributed by atoms with E-state index in [-0.39, 0.29) is 23.0 Å². The Morgan fingerprint density at radius 3 is 2.70 bits per heavy atom. The summed E-state index contributed by atoms with van der Waals surface area (Å²) in [6, 6.07) is 0. The summed E-state index contributed by atoms with van der Waals surface area (Å²) in [4.78, 5) is 0. The smallest absolute Gasteiger partial charge is 0.0755 e. The van der Waals surface area contributed by atoms with E-state index in [9.17, 15) is 10.2 Å². The van der Waals surface area contributed by atoms with Crippen molar-refractivity contribution < 1.29 is 14.9 Å². The molecule has 0 saturated heterocycles. The molecule has 3 heteroatoms. The van der Waals surface area contributed by atoms with Gasteiger partial charge in [0.1, 0.15) is 0 Å². The molecule has 23 heavy (non-hydrogen) atoms. The molecule has 3 fully saturated rings. The number of methoxy groups -OCH3 is 1. The molecule has 130 valence electrons. The lowest BCUT2D eigenvalue weighted by Crippen LogP contribution is -2.53. The molecule has 0 radical (unpaired) electrons. The van der Waals surface area contributed by atoms with Gasteiger partial charge in [-0.25, -0.2) is 0 Å². The number of rotatable bonds is 2. The molecule has 3 saturated carbocycles. The standard InChI is InChI=1S/C20H32O3/c1-19-9-8-17-15(16(19)5-6-18(19)22)4-3-13-11-14(23-2)7-10-20(13,17)12-21/h11,14-18,21-22H,3-10,12H2,1-2H3/t14?,15-,16-,17+,18?,19-,20+/m0/s1. The van der Waals surface area contributed by atoms with Gasteiger partial charge >= 0.3 is 0 Å². The summed E-state index contributed by atoms with van der Waals surface area (Å²) < 4.78 is 5.57. The third-order valence-corrected chi connectivity index (χ3v) is 8.33. The molecule has 3 nitrogen and oxygen atoms in total. The molecule has 4 rings (SSSR count). The first-order valence-electron chi connectivity index (χ1n) is 9.58. The van der Waals surface area contributed by atoms with Crippen molar-refractivity contribution in [1.29, 1.82) is 0 Å². The molecule has 7 atom stereocenters. The van der Waals surface area contributed by atoms with Crippen molar-refractivity contribution in [3.05, 3.63) is 11.6 Å². The second-order valence-electron chi connectivity index (χ2n) is 8.87. The predicted octanol–water partition coefficient (Wildman–Crippen LogP) is 3.30. The lowest BCUT2D eigenvalue weighted by atomic mass is 9.47. The van der Waals surface area contributed by atoms with Crippen LogP contribution in [0, 0.1) is 28.6 Å². The van der Waals surface area contributed by atoms with Crippen LogP contribution in [0.5, 0.6) is 0 Å². The van der Waals surface area contributed by atoms with Gasteiger partial charge in [-0.1, -0.05) is 18.6 Å². The summed E-state index contributed by atoms with van der Waals surface area (Å²) >= 11 is 0. The van der Waals surface area contributed by atoms with Crippen LogP contribution in [0.25, 0.3) is 0 Å². The normalized spacial score (nSPS) is 52.3. The van der Waals surface area contributed by atoms with E-state index in [4.69, 9.17) is 4.74 Å². The highest BCUT2D eigenvalue weighted by molar-refractivity contribution is 5.27. The number of ether oxygens (including phenoxy) is 1. The molecule has 0 spiro atoms. The van der Waals surface area contributed by atoms with Gasteiger partial charge < -0.3 is 14.9 Å². The van der Waals surface area contributed by atoms with Gasteiger partial charge in [-0.3, -0.25) is 0 Å². The Kier molecular flexibility index (Phi) is 3.90. The van der Waals surface area contributed by atoms with Crippen LogP contribution >= 0.6 is 0 Å². The quantitative estimate of drug-likeness (QED) is 0.768. The highest BCUT2D eigenvalue weighted by Gasteiger charge is 2.59. The number of hydrogen-bond donors (Lipinski definition) is 2. The Morgan fingerprint density at radius 2 is 1.96 bits per heavy atom. The summed E-state index contributed by atoms with van der Waals surface area (Å²) in [5.74, 6) is 1.95. The SMILES string of the molecule is COC1C=C2CC[C@@H]3[C@@H](CC[C@]4(C)C(O)CC[C@@H]34)[C@@]2(CO)CC1. The summed E-state index contributed by atoms with van der Waals surface area (Å²) in [6.45, 7) is 2.62. The zero-order chi connectivity index (χ0) is 16.2. The Labute approximate surface area is 140 Å². The van der Waals surface area contributed by atoms with E-state index in [0.29, 0.717) is 24.4 Å². The van der Waals surface area contributed by atoms with Crippen molar-refractivity contribution in [1.82, 2.24) is 0 Å². The molecule has 2 N–H and O–H groups in total. The number of fused-ring (bicyclic) bond motifs is 5. The van der Waals surface area contributed by atoms with Gasteiger partial charge in [-0.2, -0.15) is 0 Å². The van der Waals surface area contributed by atoms with Gasteiger partial charge in [0.2, 0.25) is 0 Å². The van der Waals surface area contributed by atoms with Gasteiger partial charge in [0, 0.05) is 12.5 Å². The minimum atomic E-state index is -0.111. The molecule has 2 unspecified atom stereocenters. The maximum absolute atomic E-state index is 10.5. The second-order valence-corrected chi connectivity index (χ2v) is 8.87. The van der Waals surface area contributed by atoms with Crippen LogP contribution in [-0.2, 0) is 4.74 Å². The summed E-state index contributed by atoms with van der Waals surface area (Å²) in [6.07, 6.45) is 11.4. The minimum Gasteiger partial charge on any atom is -0.395 e. The molecule has 4 aliphatic carbocycles. The maximum Gasteiger partial charge on any atom is 0.0755 e. The maximum atomic E-state index is 10.5. The van der Waals surface area contributed by atoms with Crippen molar-refractivity contribution >= 4 is 0 Å². The van der Waals surface area contributed by atoms with Gasteiger partial charge in [0.15, 0.2) is 0 Å². The second kappa shape index (κ2) is 5.57. The lowest BCUT2D eigenvalue weighted by Gasteiger charge is -2.58. The lowest BCUT2D eigenvalue weighted by molar-refractivity contribution is -0.0942. The summed E-state index contributed by atoms with van der Waals surface area (Å²) in [7, 11) is 1.80. The van der Waals surface area contributed by atoms with Crippen LogP contribution in [0.2, 0.25) is 0 Å². The van der Waals surface area contributed by atoms with Gasteiger partial charge in [0.25, 0.3) is 0 Å². The number of aliphatic hydroxyl groups is 2. The van der Waals surface area contributed by atoms with E-state index in [1.165, 1.54) is 24.8 Å². The Bertz CT molecular complexity index is 501. The first-order chi connectivity index (χ1) is 11.0. The molecule has 0 amide bonds. The van der Waals surface area contributed by atoms with Crippen molar-refractivity contribution in [2.45, 2.75) is 70.5 Å². The van der Waals surface area contributed by atoms with Crippen molar-refractivity contribution in [3.63, 3.8) is 0 Å². The third kappa shape index (κ3) is 2.12. The van der Waals surface area contributed by atoms with Crippen LogP contribution in [0.4, 0.5) is 0 Å². The Balaban J connectivity index is 1.68. The van der Waals surface area contributed by atoms with Crippen molar-refractivity contribution in [2.24, 2.45) is 28.6 Å². The van der Waals surface area contributed by atoms with Crippen LogP contribution < -0.4 is 0 Å². The van der Waals surface area contributed by atoms with E-state index < -0.39 is 0 Å². The molecule has 0 aromatic heterocycles. The average Bonchev–Trinajstić information content (AvgIpc) is 2.89. The van der Waals surface area contributed by atoms with Crippen LogP contribution in [0.3, 0.4) is 0 Å². The van der Waals surface area contributed by atoms with Gasteiger partial charge in [0.05, 0.1) is 18.8 Å². The fraction of sp³-hybridized carbons (Fsp3) is 0.900. The van der Waals surface area contributed by atoms with Gasteiger partial charge in [-0.05, 0) is 74.5 Å². The molecular formula is C20H32O3. The summed E-state index contributed by atoms with van der Waals surface area (Å²) in [5, 5.41) is 20.9. The fourth-order valence-corrected chi connectivity index (χ4v) is 6.94. The first kappa shape index (κ1) is 16.1. The highest BCUT2D eigenvalue weighted by atomic mass is 16.5. The van der Waals surface area contributed by atoms with E-state index in [2.05, 4.69) is 13.0 Å². The Morgan fingerprint density at radius 1 is 1.13 bits per heavy atom. The minimum absolute atomic E-state index is 0.00676. The molecule has 0 bridgehead atoms. The zero-order valence-corrected chi connectivity index (χ0v) is 14.6. The van der Waals surface area contributed by atoms with E-state index >= 15 is 0 Å². The first-order valence-corrected chi connectivity index (χ1v) is 9.58. The van der Waals surface area contributed by atoms with Crippen LogP contribution in [0.1, 0.15) is 58.3 Å². The monoisotopic (exact) mass is 320 g/mol. The highest BCUT2D eigenvalue weighted by Crippen LogP contribution is 2.65. The topological polar surface area (TPSA) is 49.7 Å². The van der Waals surface area contributed by atoms with E-state index in [1.54, 1.807) is 7.11 Å². The van der Waals surface area contributed by atoms with Gasteiger partial charge in [-0.15, -0.1) is 0 Å². The van der Waals surface area contributed by atoms with Crippen LogP contribution in [-0.4, -0.2) is 36.1 Å². The average molecular weight is 320 g/mol. The molecule has 4 aliphatic rings. The van der Waals surface area contributed by atoms with Crippen molar-refractivity contribution in [2.75, 3.05) is 13.7 Å². The molecule has 0 heterocycles. The molecule has 0 aliphatic heterocycles. The van der Waals surface area contributed by atoms with E-state index in [1.807, 2.05) is 0 Å². The fourth-order valence-electron chi connectivity index (χ4n) is 6.94. The van der Waals surface area contributed by atoms with E-state index in [0.717, 1.165) is 32.1 Å². The number of hydrogen-bond acceptors (Lipinski definition) is 3. The molecule has 0 aromatic carbocycles. The van der Waals surface area contributed by atoms with Crippen LogP contribution in [0.15, 0.2) is 11.6 Å². The summed E-state index contributed by atoms with van der Waals surface area (Å²) in [5.41, 5.74) is 1.61. The largest absolute Gasteiger partial charge is 0.395 e. The number of aliphatic hydroxyl groups excluding tert-OH is 2.